The third kappa shape index (κ3) is 5.31. The Morgan fingerprint density at radius 2 is 1.75 bits per heavy atom. The highest BCUT2D eigenvalue weighted by Gasteiger charge is 2.10. The van der Waals surface area contributed by atoms with Crippen molar-refractivity contribution in [2.45, 2.75) is 20.1 Å². The zero-order valence-corrected chi connectivity index (χ0v) is 17.6. The number of nitrogens with zero attached hydrogens (tertiary/aromatic N) is 2. The van der Waals surface area contributed by atoms with Crippen molar-refractivity contribution in [3.8, 4) is 11.4 Å². The summed E-state index contributed by atoms with van der Waals surface area (Å²) in [5.74, 6) is -0.414. The van der Waals surface area contributed by atoms with E-state index in [0.717, 1.165) is 22.5 Å². The Balaban J connectivity index is 1.31. The first kappa shape index (κ1) is 21.1. The summed E-state index contributed by atoms with van der Waals surface area (Å²) in [6.45, 7) is 2.45. The van der Waals surface area contributed by atoms with Crippen LogP contribution in [0.1, 0.15) is 16.8 Å². The molecule has 0 aliphatic carbocycles. The zero-order chi connectivity index (χ0) is 22.3. The lowest BCUT2D eigenvalue weighted by Gasteiger charge is -2.10. The fourth-order valence-electron chi connectivity index (χ4n) is 3.16. The van der Waals surface area contributed by atoms with Gasteiger partial charge in [0.1, 0.15) is 6.61 Å². The Labute approximate surface area is 185 Å². The van der Waals surface area contributed by atoms with Gasteiger partial charge >= 0.3 is 6.03 Å². The normalized spacial score (nSPS) is 10.6. The molecule has 2 N–H and O–H groups in total. The molecule has 0 atom stereocenters. The predicted octanol–water partition coefficient (Wildman–Crippen LogP) is 5.22. The van der Waals surface area contributed by atoms with Crippen LogP contribution in [0.2, 0.25) is 0 Å². The lowest BCUT2D eigenvalue weighted by atomic mass is 10.2. The van der Waals surface area contributed by atoms with Gasteiger partial charge < -0.3 is 15.4 Å². The van der Waals surface area contributed by atoms with Crippen molar-refractivity contribution in [2.24, 2.45) is 0 Å². The molecule has 0 saturated carbocycles. The third-order valence-corrected chi connectivity index (χ3v) is 4.89. The Kier molecular flexibility index (Phi) is 6.46. The van der Waals surface area contributed by atoms with Crippen LogP contribution in [0.25, 0.3) is 5.69 Å². The van der Waals surface area contributed by atoms with Gasteiger partial charge in [0.05, 0.1) is 11.4 Å². The van der Waals surface area contributed by atoms with E-state index in [-0.39, 0.29) is 12.4 Å². The highest BCUT2D eigenvalue weighted by Crippen LogP contribution is 2.22. The monoisotopic (exact) mass is 430 g/mol. The Morgan fingerprint density at radius 3 is 2.47 bits per heavy atom. The molecule has 0 unspecified atom stereocenters. The summed E-state index contributed by atoms with van der Waals surface area (Å²) in [4.78, 5) is 12.3. The minimum Gasteiger partial charge on any atom is -0.486 e. The van der Waals surface area contributed by atoms with Gasteiger partial charge in [-0.05, 0) is 36.8 Å². The molecule has 1 aromatic heterocycles. The van der Waals surface area contributed by atoms with Crippen LogP contribution in [0.15, 0.2) is 85.1 Å². The summed E-state index contributed by atoms with van der Waals surface area (Å²) in [5, 5.41) is 9.90. The second-order valence-corrected chi connectivity index (χ2v) is 7.25. The van der Waals surface area contributed by atoms with Gasteiger partial charge in [-0.25, -0.2) is 13.9 Å². The fourth-order valence-corrected chi connectivity index (χ4v) is 3.16. The van der Waals surface area contributed by atoms with Crippen molar-refractivity contribution in [2.75, 3.05) is 5.32 Å². The Hall–Kier alpha value is -4.13. The van der Waals surface area contributed by atoms with E-state index < -0.39 is 11.8 Å². The number of ether oxygens (including phenoxy) is 1. The van der Waals surface area contributed by atoms with Crippen LogP contribution in [0, 0.1) is 12.7 Å². The van der Waals surface area contributed by atoms with E-state index in [1.807, 2.05) is 73.8 Å². The summed E-state index contributed by atoms with van der Waals surface area (Å²) in [6, 6.07) is 23.1. The van der Waals surface area contributed by atoms with Crippen LogP contribution in [-0.4, -0.2) is 15.8 Å². The van der Waals surface area contributed by atoms with Gasteiger partial charge in [-0.1, -0.05) is 48.5 Å². The maximum atomic E-state index is 14.4. The molecule has 162 valence electrons. The average Bonchev–Trinajstić information content (AvgIpc) is 3.19. The number of carbonyl (C=O) groups excluding carboxylic acids is 1. The molecule has 0 aliphatic heterocycles. The maximum absolute atomic E-state index is 14.4. The number of carbonyl (C=O) groups is 1. The number of nitrogens with one attached hydrogen (secondary N) is 2. The quantitative estimate of drug-likeness (QED) is 0.422. The van der Waals surface area contributed by atoms with Crippen LogP contribution in [0.3, 0.4) is 0 Å². The molecule has 4 aromatic rings. The fraction of sp³-hybridized carbons (Fsp3) is 0.120. The van der Waals surface area contributed by atoms with Crippen LogP contribution in [-0.2, 0) is 13.2 Å². The third-order valence-electron chi connectivity index (χ3n) is 4.89. The highest BCUT2D eigenvalue weighted by atomic mass is 19.1. The van der Waals surface area contributed by atoms with Crippen LogP contribution >= 0.6 is 0 Å². The molecule has 32 heavy (non-hydrogen) atoms. The minimum atomic E-state index is -0.543. The standard InChI is InChI=1S/C25H23FN4O2/c1-18-20(16-30(29-18)22-10-6-3-7-11-22)15-27-25(31)28-21-12-13-24(23(26)14-21)32-17-19-8-4-2-5-9-19/h2-14,16H,15,17H2,1H3,(H2,27,28,31). The topological polar surface area (TPSA) is 68.2 Å². The van der Waals surface area contributed by atoms with Gasteiger partial charge in [-0.2, -0.15) is 5.10 Å². The molecule has 0 aliphatic rings. The highest BCUT2D eigenvalue weighted by molar-refractivity contribution is 5.89. The van der Waals surface area contributed by atoms with E-state index in [0.29, 0.717) is 12.2 Å². The SMILES string of the molecule is Cc1nn(-c2ccccc2)cc1CNC(=O)Nc1ccc(OCc2ccccc2)c(F)c1. The Bertz CT molecular complexity index is 1190. The van der Waals surface area contributed by atoms with E-state index >= 15 is 0 Å². The molecule has 1 heterocycles. The zero-order valence-electron chi connectivity index (χ0n) is 17.6. The van der Waals surface area contributed by atoms with Crippen LogP contribution < -0.4 is 15.4 Å². The first-order chi connectivity index (χ1) is 15.6. The average molecular weight is 430 g/mol. The molecule has 6 nitrogen and oxygen atoms in total. The summed E-state index contributed by atoms with van der Waals surface area (Å²) >= 11 is 0. The first-order valence-corrected chi connectivity index (χ1v) is 10.2. The first-order valence-electron chi connectivity index (χ1n) is 10.2. The van der Waals surface area contributed by atoms with E-state index in [9.17, 15) is 9.18 Å². The molecule has 0 spiro atoms. The molecular formula is C25H23FN4O2. The number of hydrogen-bond donors (Lipinski definition) is 2. The van der Waals surface area contributed by atoms with E-state index in [1.165, 1.54) is 12.1 Å². The number of amides is 2. The minimum absolute atomic E-state index is 0.128. The second kappa shape index (κ2) is 9.78. The number of halogens is 1. The second-order valence-electron chi connectivity index (χ2n) is 7.25. The number of para-hydroxylation sites is 1. The van der Waals surface area contributed by atoms with E-state index in [4.69, 9.17) is 4.74 Å². The molecule has 3 aromatic carbocycles. The molecule has 7 heteroatoms. The van der Waals surface area contributed by atoms with Gasteiger partial charge in [-0.15, -0.1) is 0 Å². The molecule has 0 bridgehead atoms. The predicted molar refractivity (Wildman–Crippen MR) is 121 cm³/mol. The van der Waals surface area contributed by atoms with Gasteiger partial charge in [0.2, 0.25) is 0 Å². The number of rotatable bonds is 7. The van der Waals surface area contributed by atoms with Gasteiger partial charge in [0.15, 0.2) is 11.6 Å². The molecule has 0 fully saturated rings. The van der Waals surface area contributed by atoms with Crippen LogP contribution in [0.5, 0.6) is 5.75 Å². The number of hydrogen-bond acceptors (Lipinski definition) is 3. The number of aryl methyl sites for hydroxylation is 1. The number of benzene rings is 3. The lowest BCUT2D eigenvalue weighted by Crippen LogP contribution is -2.28. The van der Waals surface area contributed by atoms with Gasteiger partial charge in [0, 0.05) is 30.1 Å². The number of urea groups is 1. The lowest BCUT2D eigenvalue weighted by molar-refractivity contribution is 0.251. The van der Waals surface area contributed by atoms with Crippen molar-refractivity contribution in [1.29, 1.82) is 0 Å². The molecule has 2 amide bonds. The summed E-state index contributed by atoms with van der Waals surface area (Å²) in [6.07, 6.45) is 1.88. The van der Waals surface area contributed by atoms with Crippen molar-refractivity contribution >= 4 is 11.7 Å². The van der Waals surface area contributed by atoms with Crippen molar-refractivity contribution in [3.05, 3.63) is 108 Å². The largest absolute Gasteiger partial charge is 0.486 e. The smallest absolute Gasteiger partial charge is 0.319 e. The van der Waals surface area contributed by atoms with E-state index in [2.05, 4.69) is 15.7 Å². The molecule has 0 radical (unpaired) electrons. The van der Waals surface area contributed by atoms with Crippen LogP contribution in [0.4, 0.5) is 14.9 Å². The van der Waals surface area contributed by atoms with Crippen molar-refractivity contribution < 1.29 is 13.9 Å². The molecule has 4 rings (SSSR count). The Morgan fingerprint density at radius 1 is 1.03 bits per heavy atom. The molecular weight excluding hydrogens is 407 g/mol. The van der Waals surface area contributed by atoms with Gasteiger partial charge in [-0.3, -0.25) is 0 Å². The summed E-state index contributed by atoms with van der Waals surface area (Å²) < 4.78 is 21.7. The van der Waals surface area contributed by atoms with Crippen molar-refractivity contribution in [1.82, 2.24) is 15.1 Å². The maximum Gasteiger partial charge on any atom is 0.319 e. The van der Waals surface area contributed by atoms with Gasteiger partial charge in [0.25, 0.3) is 0 Å². The number of aromatic nitrogens is 2. The summed E-state index contributed by atoms with van der Waals surface area (Å²) in [7, 11) is 0. The van der Waals surface area contributed by atoms with Crippen molar-refractivity contribution in [3.63, 3.8) is 0 Å². The number of anilines is 1. The summed E-state index contributed by atoms with van der Waals surface area (Å²) in [5.41, 5.74) is 3.93. The molecule has 0 saturated heterocycles. The van der Waals surface area contributed by atoms with E-state index in [1.54, 1.807) is 10.7 Å².